The van der Waals surface area contributed by atoms with E-state index in [4.69, 9.17) is 14.7 Å². The molecule has 1 aliphatic heterocycles. The van der Waals surface area contributed by atoms with Crippen LogP contribution in [-0.4, -0.2) is 26.9 Å². The molecule has 2 atom stereocenters. The molecule has 0 aromatic heterocycles. The van der Waals surface area contributed by atoms with Crippen molar-refractivity contribution in [3.8, 4) is 17.6 Å². The van der Waals surface area contributed by atoms with Crippen LogP contribution in [0.3, 0.4) is 0 Å². The molecule has 0 radical (unpaired) electrons. The molecule has 0 saturated heterocycles. The summed E-state index contributed by atoms with van der Waals surface area (Å²) in [5.41, 5.74) is 0. The van der Waals surface area contributed by atoms with Crippen LogP contribution >= 0.6 is 0 Å². The van der Waals surface area contributed by atoms with Gasteiger partial charge in [0.2, 0.25) is 0 Å². The molecule has 1 saturated carbocycles. The van der Waals surface area contributed by atoms with E-state index in [-0.39, 0.29) is 4.90 Å². The highest BCUT2D eigenvalue weighted by molar-refractivity contribution is 7.92. The Morgan fingerprint density at radius 3 is 2.65 bits per heavy atom. The normalized spacial score (nSPS) is 25.1. The Morgan fingerprint density at radius 1 is 1.15 bits per heavy atom. The highest BCUT2D eigenvalue weighted by atomic mass is 32.2. The zero-order chi connectivity index (χ0) is 14.2. The van der Waals surface area contributed by atoms with Crippen molar-refractivity contribution < 1.29 is 17.9 Å². The number of hydrogen-bond donors (Lipinski definition) is 0. The lowest BCUT2D eigenvalue weighted by Gasteiger charge is -2.20. The number of fused-ring (bicyclic) bond motifs is 1. The fourth-order valence-electron chi connectivity index (χ4n) is 2.82. The fourth-order valence-corrected chi connectivity index (χ4v) is 4.81. The molecule has 3 rings (SSSR count). The first-order valence-corrected chi connectivity index (χ1v) is 8.21. The zero-order valence-corrected chi connectivity index (χ0v) is 11.7. The third-order valence-electron chi connectivity index (χ3n) is 3.86. The number of nitrogens with zero attached hydrogens (tertiary/aromatic N) is 1. The number of ether oxygens (including phenoxy) is 2. The van der Waals surface area contributed by atoms with E-state index >= 15 is 0 Å². The van der Waals surface area contributed by atoms with Gasteiger partial charge in [-0.05, 0) is 25.0 Å². The van der Waals surface area contributed by atoms with Crippen molar-refractivity contribution in [3.63, 3.8) is 0 Å². The molecule has 20 heavy (non-hydrogen) atoms. The van der Waals surface area contributed by atoms with Gasteiger partial charge in [-0.1, -0.05) is 6.42 Å². The van der Waals surface area contributed by atoms with Crippen LogP contribution in [0.4, 0.5) is 0 Å². The number of sulfone groups is 1. The lowest BCUT2D eigenvalue weighted by Crippen LogP contribution is -2.25. The van der Waals surface area contributed by atoms with Gasteiger partial charge < -0.3 is 9.47 Å². The SMILES string of the molecule is N#CC1CCCC1S(=O)(=O)c1ccc2c(c1)OCCO2. The van der Waals surface area contributed by atoms with Crippen molar-refractivity contribution in [3.05, 3.63) is 18.2 Å². The second-order valence-electron chi connectivity index (χ2n) is 5.06. The first kappa shape index (κ1) is 13.3. The number of benzene rings is 1. The van der Waals surface area contributed by atoms with Gasteiger partial charge in [0.05, 0.1) is 22.1 Å². The number of rotatable bonds is 2. The van der Waals surface area contributed by atoms with Crippen LogP contribution in [0.15, 0.2) is 23.1 Å². The van der Waals surface area contributed by atoms with Gasteiger partial charge in [0.1, 0.15) is 13.2 Å². The van der Waals surface area contributed by atoms with Crippen molar-refractivity contribution in [1.82, 2.24) is 0 Å². The summed E-state index contributed by atoms with van der Waals surface area (Å²) < 4.78 is 36.1. The van der Waals surface area contributed by atoms with E-state index < -0.39 is 21.0 Å². The standard InChI is InChI=1S/C14H15NO4S/c15-9-10-2-1-3-14(10)20(16,17)11-4-5-12-13(8-11)19-7-6-18-12/h4-5,8,10,14H,1-3,6-7H2. The van der Waals surface area contributed by atoms with Gasteiger partial charge in [0.25, 0.3) is 0 Å². The Bertz CT molecular complexity index is 662. The van der Waals surface area contributed by atoms with Crippen molar-refractivity contribution in [2.45, 2.75) is 29.4 Å². The van der Waals surface area contributed by atoms with Crippen LogP contribution < -0.4 is 9.47 Å². The molecule has 1 fully saturated rings. The average Bonchev–Trinajstić information content (AvgIpc) is 2.96. The van der Waals surface area contributed by atoms with E-state index in [1.54, 1.807) is 6.07 Å². The molecule has 0 N–H and O–H groups in total. The maximum Gasteiger partial charge on any atom is 0.182 e. The summed E-state index contributed by atoms with van der Waals surface area (Å²) in [5, 5.41) is 8.48. The monoisotopic (exact) mass is 293 g/mol. The predicted octanol–water partition coefficient (Wildman–Crippen LogP) is 1.92. The minimum absolute atomic E-state index is 0.217. The van der Waals surface area contributed by atoms with Gasteiger partial charge in [-0.2, -0.15) is 5.26 Å². The van der Waals surface area contributed by atoms with Gasteiger partial charge >= 0.3 is 0 Å². The summed E-state index contributed by atoms with van der Waals surface area (Å²) in [7, 11) is -3.49. The molecule has 1 heterocycles. The van der Waals surface area contributed by atoms with Crippen LogP contribution in [-0.2, 0) is 9.84 Å². The molecule has 0 amide bonds. The summed E-state index contributed by atoms with van der Waals surface area (Å²) in [6, 6.07) is 6.79. The van der Waals surface area contributed by atoms with Crippen molar-refractivity contribution in [1.29, 1.82) is 5.26 Å². The third-order valence-corrected chi connectivity index (χ3v) is 6.13. The lowest BCUT2D eigenvalue weighted by atomic mass is 10.1. The topological polar surface area (TPSA) is 76.4 Å². The Balaban J connectivity index is 1.97. The summed E-state index contributed by atoms with van der Waals surface area (Å²) in [5.74, 6) is 0.621. The highest BCUT2D eigenvalue weighted by Crippen LogP contribution is 2.38. The quantitative estimate of drug-likeness (QED) is 0.832. The summed E-state index contributed by atoms with van der Waals surface area (Å²) in [6.45, 7) is 0.888. The van der Waals surface area contributed by atoms with Crippen molar-refractivity contribution in [2.75, 3.05) is 13.2 Å². The third kappa shape index (κ3) is 2.12. The van der Waals surface area contributed by atoms with Crippen LogP contribution in [0.25, 0.3) is 0 Å². The Hall–Kier alpha value is -1.74. The highest BCUT2D eigenvalue weighted by Gasteiger charge is 2.38. The van der Waals surface area contributed by atoms with E-state index in [2.05, 4.69) is 6.07 Å². The molecule has 1 aromatic carbocycles. The molecular weight excluding hydrogens is 278 g/mol. The Kier molecular flexibility index (Phi) is 3.30. The molecule has 2 unspecified atom stereocenters. The van der Waals surface area contributed by atoms with E-state index in [9.17, 15) is 8.42 Å². The smallest absolute Gasteiger partial charge is 0.182 e. The molecule has 5 nitrogen and oxygen atoms in total. The first-order chi connectivity index (χ1) is 9.63. The van der Waals surface area contributed by atoms with Gasteiger partial charge in [0.15, 0.2) is 21.3 Å². The minimum Gasteiger partial charge on any atom is -0.486 e. The van der Waals surface area contributed by atoms with Gasteiger partial charge in [-0.25, -0.2) is 8.42 Å². The van der Waals surface area contributed by atoms with Crippen molar-refractivity contribution >= 4 is 9.84 Å². The maximum absolute atomic E-state index is 12.6. The van der Waals surface area contributed by atoms with E-state index in [0.717, 1.165) is 6.42 Å². The molecule has 6 heteroatoms. The summed E-state index contributed by atoms with van der Waals surface area (Å²) >= 11 is 0. The lowest BCUT2D eigenvalue weighted by molar-refractivity contribution is 0.171. The van der Waals surface area contributed by atoms with Crippen LogP contribution in [0, 0.1) is 17.2 Å². The van der Waals surface area contributed by atoms with E-state index in [1.807, 2.05) is 0 Å². The first-order valence-electron chi connectivity index (χ1n) is 6.66. The molecule has 1 aromatic rings. The largest absolute Gasteiger partial charge is 0.486 e. The van der Waals surface area contributed by atoms with Crippen molar-refractivity contribution in [2.24, 2.45) is 5.92 Å². The fraction of sp³-hybridized carbons (Fsp3) is 0.500. The van der Waals surface area contributed by atoms with Gasteiger partial charge in [-0.15, -0.1) is 0 Å². The Labute approximate surface area is 118 Å². The summed E-state index contributed by atoms with van der Waals surface area (Å²) in [6.07, 6.45) is 1.99. The second-order valence-corrected chi connectivity index (χ2v) is 7.22. The van der Waals surface area contributed by atoms with E-state index in [0.29, 0.717) is 37.6 Å². The molecule has 106 valence electrons. The molecule has 2 aliphatic rings. The minimum atomic E-state index is -3.49. The van der Waals surface area contributed by atoms with Crippen LogP contribution in [0.2, 0.25) is 0 Å². The van der Waals surface area contributed by atoms with Gasteiger partial charge in [0, 0.05) is 6.07 Å². The van der Waals surface area contributed by atoms with Crippen LogP contribution in [0.5, 0.6) is 11.5 Å². The predicted molar refractivity (Wildman–Crippen MR) is 71.4 cm³/mol. The molecule has 1 aliphatic carbocycles. The molecular formula is C14H15NO4S. The maximum atomic E-state index is 12.6. The molecule has 0 spiro atoms. The second kappa shape index (κ2) is 4.98. The van der Waals surface area contributed by atoms with Gasteiger partial charge in [-0.3, -0.25) is 0 Å². The average molecular weight is 293 g/mol. The number of nitriles is 1. The Morgan fingerprint density at radius 2 is 1.90 bits per heavy atom. The molecule has 0 bridgehead atoms. The number of hydrogen-bond acceptors (Lipinski definition) is 5. The summed E-state index contributed by atoms with van der Waals surface area (Å²) in [4.78, 5) is 0.217. The zero-order valence-electron chi connectivity index (χ0n) is 10.9. The van der Waals surface area contributed by atoms with Crippen LogP contribution in [0.1, 0.15) is 19.3 Å². The van der Waals surface area contributed by atoms with E-state index in [1.165, 1.54) is 12.1 Å².